The average Bonchev–Trinajstić information content (AvgIpc) is 1.88. The summed E-state index contributed by atoms with van der Waals surface area (Å²) in [4.78, 5) is 10.6. The predicted octanol–water partition coefficient (Wildman–Crippen LogP) is -0.339. The molecule has 0 heterocycles. The average molecular weight is 142 g/mol. The van der Waals surface area contributed by atoms with Gasteiger partial charge in [0.25, 0.3) is 0 Å². The monoisotopic (exact) mass is 142 g/mol. The molecule has 1 amide bonds. The zero-order valence-corrected chi connectivity index (χ0v) is 6.05. The number of nitrogens with one attached hydrogen (secondary N) is 1. The fourth-order valence-corrected chi connectivity index (χ4v) is 0.447. The molecule has 4 heteroatoms. The van der Waals surface area contributed by atoms with Crippen LogP contribution in [-0.4, -0.2) is 25.7 Å². The number of amides is 1. The molecule has 4 nitrogen and oxygen atoms in total. The van der Waals surface area contributed by atoms with E-state index in [0.29, 0.717) is 0 Å². The summed E-state index contributed by atoms with van der Waals surface area (Å²) in [5.41, 5.74) is 0. The summed E-state index contributed by atoms with van der Waals surface area (Å²) in [6.45, 7) is 1.61. The molecule has 0 saturated carbocycles. The van der Waals surface area contributed by atoms with E-state index >= 15 is 0 Å². The van der Waals surface area contributed by atoms with Gasteiger partial charge in [-0.3, -0.25) is 4.79 Å². The van der Waals surface area contributed by atoms with Gasteiger partial charge in [0.2, 0.25) is 5.91 Å². The van der Waals surface area contributed by atoms with E-state index < -0.39 is 6.04 Å². The van der Waals surface area contributed by atoms with Gasteiger partial charge in [-0.1, -0.05) is 0 Å². The third-order valence-corrected chi connectivity index (χ3v) is 0.847. The van der Waals surface area contributed by atoms with Crippen LogP contribution in [0.15, 0.2) is 0 Å². The number of hydrogen-bond acceptors (Lipinski definition) is 3. The van der Waals surface area contributed by atoms with E-state index in [0.717, 1.165) is 0 Å². The first-order chi connectivity index (χ1) is 4.70. The molecule has 0 aliphatic carbocycles. The Morgan fingerprint density at radius 1 is 1.90 bits per heavy atom. The number of nitriles is 1. The molecule has 0 aromatic heterocycles. The van der Waals surface area contributed by atoms with Gasteiger partial charge in [0.1, 0.15) is 12.6 Å². The second kappa shape index (κ2) is 4.77. The molecule has 0 aliphatic heterocycles. The first-order valence-electron chi connectivity index (χ1n) is 2.88. The number of nitrogens with zero attached hydrogens (tertiary/aromatic N) is 1. The van der Waals surface area contributed by atoms with Crippen molar-refractivity contribution >= 4 is 5.91 Å². The summed E-state index contributed by atoms with van der Waals surface area (Å²) in [6.07, 6.45) is 0. The van der Waals surface area contributed by atoms with Gasteiger partial charge in [-0.05, 0) is 6.92 Å². The molecular weight excluding hydrogens is 132 g/mol. The number of rotatable bonds is 3. The van der Waals surface area contributed by atoms with Gasteiger partial charge in [-0.15, -0.1) is 0 Å². The van der Waals surface area contributed by atoms with Crippen molar-refractivity contribution in [2.45, 2.75) is 13.0 Å². The topological polar surface area (TPSA) is 62.1 Å². The second-order valence-electron chi connectivity index (χ2n) is 1.85. The van der Waals surface area contributed by atoms with Crippen LogP contribution in [0.5, 0.6) is 0 Å². The molecule has 0 rings (SSSR count). The third kappa shape index (κ3) is 3.87. The highest BCUT2D eigenvalue weighted by Gasteiger charge is 2.03. The zero-order chi connectivity index (χ0) is 7.98. The number of carbonyl (C=O) groups is 1. The highest BCUT2D eigenvalue weighted by molar-refractivity contribution is 5.77. The van der Waals surface area contributed by atoms with Crippen molar-refractivity contribution in [3.05, 3.63) is 0 Å². The van der Waals surface area contributed by atoms with Crippen molar-refractivity contribution in [1.29, 1.82) is 5.26 Å². The van der Waals surface area contributed by atoms with E-state index in [1.807, 2.05) is 6.07 Å². The predicted molar refractivity (Wildman–Crippen MR) is 35.1 cm³/mol. The molecule has 0 saturated heterocycles. The molecule has 0 radical (unpaired) electrons. The van der Waals surface area contributed by atoms with Crippen LogP contribution < -0.4 is 5.32 Å². The van der Waals surface area contributed by atoms with Crippen LogP contribution in [-0.2, 0) is 9.53 Å². The van der Waals surface area contributed by atoms with Gasteiger partial charge >= 0.3 is 0 Å². The van der Waals surface area contributed by atoms with Gasteiger partial charge in [-0.25, -0.2) is 0 Å². The largest absolute Gasteiger partial charge is 0.375 e. The summed E-state index contributed by atoms with van der Waals surface area (Å²) in [6, 6.07) is 1.42. The highest BCUT2D eigenvalue weighted by Crippen LogP contribution is 1.77. The third-order valence-electron chi connectivity index (χ3n) is 0.847. The van der Waals surface area contributed by atoms with Crippen LogP contribution in [0.1, 0.15) is 6.92 Å². The molecule has 0 spiro atoms. The van der Waals surface area contributed by atoms with Crippen molar-refractivity contribution < 1.29 is 9.53 Å². The first-order valence-corrected chi connectivity index (χ1v) is 2.88. The first kappa shape index (κ1) is 8.92. The quantitative estimate of drug-likeness (QED) is 0.586. The molecule has 1 N–H and O–H groups in total. The molecule has 10 heavy (non-hydrogen) atoms. The number of methoxy groups -OCH3 is 1. The minimum absolute atomic E-state index is 0.00597. The van der Waals surface area contributed by atoms with Crippen LogP contribution >= 0.6 is 0 Å². The van der Waals surface area contributed by atoms with Crippen LogP contribution in [0.25, 0.3) is 0 Å². The minimum Gasteiger partial charge on any atom is -0.375 e. The maximum absolute atomic E-state index is 10.6. The Hall–Kier alpha value is -1.08. The number of hydrogen-bond donors (Lipinski definition) is 1. The lowest BCUT2D eigenvalue weighted by atomic mass is 10.4. The van der Waals surface area contributed by atoms with Crippen molar-refractivity contribution in [3.8, 4) is 6.07 Å². The van der Waals surface area contributed by atoms with Gasteiger partial charge < -0.3 is 10.1 Å². The Morgan fingerprint density at radius 3 is 2.90 bits per heavy atom. The molecule has 0 aliphatic rings. The molecule has 0 bridgehead atoms. The molecular formula is C6H10N2O2. The number of carbonyl (C=O) groups excluding carboxylic acids is 1. The maximum Gasteiger partial charge on any atom is 0.247 e. The molecule has 56 valence electrons. The molecule has 0 aromatic carbocycles. The second-order valence-corrected chi connectivity index (χ2v) is 1.85. The van der Waals surface area contributed by atoms with Crippen LogP contribution in [0, 0.1) is 11.3 Å². The Balaban J connectivity index is 3.49. The fourth-order valence-electron chi connectivity index (χ4n) is 0.447. The molecule has 1 atom stereocenters. The lowest BCUT2D eigenvalue weighted by Crippen LogP contribution is -2.33. The van der Waals surface area contributed by atoms with E-state index in [-0.39, 0.29) is 12.5 Å². The van der Waals surface area contributed by atoms with Crippen LogP contribution in [0.2, 0.25) is 0 Å². The fraction of sp³-hybridized carbons (Fsp3) is 0.667. The lowest BCUT2D eigenvalue weighted by Gasteiger charge is -2.03. The van der Waals surface area contributed by atoms with Crippen molar-refractivity contribution in [2.75, 3.05) is 13.7 Å². The van der Waals surface area contributed by atoms with Gasteiger partial charge in [0.05, 0.1) is 6.07 Å². The smallest absolute Gasteiger partial charge is 0.247 e. The van der Waals surface area contributed by atoms with E-state index in [2.05, 4.69) is 10.1 Å². The van der Waals surface area contributed by atoms with Crippen molar-refractivity contribution in [3.63, 3.8) is 0 Å². The van der Waals surface area contributed by atoms with Crippen molar-refractivity contribution in [2.24, 2.45) is 0 Å². The maximum atomic E-state index is 10.6. The van der Waals surface area contributed by atoms with E-state index in [1.165, 1.54) is 7.11 Å². The van der Waals surface area contributed by atoms with E-state index in [4.69, 9.17) is 5.26 Å². The molecule has 0 fully saturated rings. The van der Waals surface area contributed by atoms with Crippen LogP contribution in [0.4, 0.5) is 0 Å². The Labute approximate surface area is 59.8 Å². The Morgan fingerprint density at radius 2 is 2.50 bits per heavy atom. The summed E-state index contributed by atoms with van der Waals surface area (Å²) in [5, 5.41) is 10.7. The van der Waals surface area contributed by atoms with Gasteiger partial charge in [0.15, 0.2) is 0 Å². The summed E-state index contributed by atoms with van der Waals surface area (Å²) in [7, 11) is 1.43. The molecule has 0 aromatic rings. The Bertz CT molecular complexity index is 150. The highest BCUT2D eigenvalue weighted by atomic mass is 16.5. The van der Waals surface area contributed by atoms with E-state index in [1.54, 1.807) is 6.92 Å². The zero-order valence-electron chi connectivity index (χ0n) is 6.05. The SMILES string of the molecule is COCC(=O)NC(C)C#N. The minimum atomic E-state index is -0.442. The molecule has 1 unspecified atom stereocenters. The van der Waals surface area contributed by atoms with Crippen molar-refractivity contribution in [1.82, 2.24) is 5.32 Å². The summed E-state index contributed by atoms with van der Waals surface area (Å²) < 4.78 is 4.53. The Kier molecular flexibility index (Phi) is 4.25. The number of ether oxygens (including phenoxy) is 1. The van der Waals surface area contributed by atoms with Gasteiger partial charge in [-0.2, -0.15) is 5.26 Å². The summed E-state index contributed by atoms with van der Waals surface area (Å²) >= 11 is 0. The van der Waals surface area contributed by atoms with E-state index in [9.17, 15) is 4.79 Å². The normalized spacial score (nSPS) is 11.7. The van der Waals surface area contributed by atoms with Crippen LogP contribution in [0.3, 0.4) is 0 Å². The summed E-state index contributed by atoms with van der Waals surface area (Å²) in [5.74, 6) is -0.267. The standard InChI is InChI=1S/C6H10N2O2/c1-5(3-7)8-6(9)4-10-2/h5H,4H2,1-2H3,(H,8,9). The van der Waals surface area contributed by atoms with Gasteiger partial charge in [0, 0.05) is 7.11 Å². The lowest BCUT2D eigenvalue weighted by molar-refractivity contribution is -0.125.